The van der Waals surface area contributed by atoms with E-state index in [0.717, 1.165) is 67.5 Å². The zero-order valence-corrected chi connectivity index (χ0v) is 39.5. The van der Waals surface area contributed by atoms with Gasteiger partial charge in [-0.05, 0) is 148 Å². The van der Waals surface area contributed by atoms with Crippen LogP contribution in [0.3, 0.4) is 0 Å². The number of anilines is 6. The predicted molar refractivity (Wildman–Crippen MR) is 281 cm³/mol. The minimum absolute atomic E-state index is 0.144. The molecule has 8 aromatic rings. The summed E-state index contributed by atoms with van der Waals surface area (Å²) in [5.74, 6) is -0.288. The van der Waals surface area contributed by atoms with Gasteiger partial charge in [-0.2, -0.15) is 0 Å². The molecule has 0 radical (unpaired) electrons. The molecule has 6 heteroatoms. The summed E-state index contributed by atoms with van der Waals surface area (Å²) in [6.45, 7) is 13.2. The van der Waals surface area contributed by atoms with Crippen molar-refractivity contribution < 1.29 is 9.59 Å². The Morgan fingerprint density at radius 2 is 0.485 bits per heavy atom. The Morgan fingerprint density at radius 3 is 0.706 bits per heavy atom. The Hall–Kier alpha value is -8.22. The zero-order valence-electron chi connectivity index (χ0n) is 39.5. The molecule has 0 unspecified atom stereocenters. The highest BCUT2D eigenvalue weighted by Crippen LogP contribution is 2.47. The SMILES string of the molecule is CCN1C(=O)C2=C(c3ccc(-c4ccc(N(c5ccc(C)cc5)c5ccc(C)cc5)cc4)cc3)N(CC)C(=O)C2=C1c1ccc(-c2ccc(N(c3ccc(C)cc3)c3ccc(C)cc3)cc2)cc1. The summed E-state index contributed by atoms with van der Waals surface area (Å²) in [5, 5.41) is 0. The molecule has 0 aromatic heterocycles. The second-order valence-electron chi connectivity index (χ2n) is 17.8. The first kappa shape index (κ1) is 43.7. The number of hydrogen-bond donors (Lipinski definition) is 0. The summed E-state index contributed by atoms with van der Waals surface area (Å²) in [7, 11) is 0. The number of carbonyl (C=O) groups excluding carboxylic acids is 2. The molecule has 334 valence electrons. The monoisotopic (exact) mass is 886 g/mol. The molecule has 10 rings (SSSR count). The van der Waals surface area contributed by atoms with E-state index in [1.165, 1.54) is 22.3 Å². The van der Waals surface area contributed by atoms with Gasteiger partial charge in [-0.15, -0.1) is 0 Å². The fourth-order valence-corrected chi connectivity index (χ4v) is 9.52. The summed E-state index contributed by atoms with van der Waals surface area (Å²) in [6, 6.07) is 68.2. The third-order valence-electron chi connectivity index (χ3n) is 13.2. The Kier molecular flexibility index (Phi) is 11.7. The molecule has 0 atom stereocenters. The molecular formula is C62H54N4O2. The standard InChI is InChI=1S/C62H54N4O2/c1-7-63-59(49-21-17-45(18-22-49)47-25-37-55(38-26-47)65(51-29-9-41(3)10-30-51)52-31-11-42(4)12-32-52)57-58(61(63)67)60(64(8-2)62(57)68)50-23-19-46(20-24-50)48-27-39-56(40-28-48)66(53-33-13-43(5)14-34-53)54-35-15-44(6)16-36-54/h9-40H,7-8H2,1-6H3. The van der Waals surface area contributed by atoms with Crippen molar-refractivity contribution in [3.8, 4) is 22.3 Å². The molecule has 0 saturated carbocycles. The van der Waals surface area contributed by atoms with Gasteiger partial charge in [-0.25, -0.2) is 0 Å². The number of benzene rings is 8. The normalized spacial score (nSPS) is 13.4. The molecular weight excluding hydrogens is 833 g/mol. The number of aryl methyl sites for hydroxylation is 4. The van der Waals surface area contributed by atoms with Crippen LogP contribution in [0.5, 0.6) is 0 Å². The van der Waals surface area contributed by atoms with Crippen molar-refractivity contribution in [2.24, 2.45) is 0 Å². The molecule has 2 amide bonds. The van der Waals surface area contributed by atoms with E-state index in [2.05, 4.69) is 207 Å². The van der Waals surface area contributed by atoms with Gasteiger partial charge < -0.3 is 19.6 Å². The van der Waals surface area contributed by atoms with Crippen LogP contribution in [-0.2, 0) is 9.59 Å². The highest BCUT2D eigenvalue weighted by Gasteiger charge is 2.48. The summed E-state index contributed by atoms with van der Waals surface area (Å²) < 4.78 is 0. The summed E-state index contributed by atoms with van der Waals surface area (Å²) in [5.41, 5.74) is 19.6. The summed E-state index contributed by atoms with van der Waals surface area (Å²) in [4.78, 5) is 37.0. The highest BCUT2D eigenvalue weighted by atomic mass is 16.2. The molecule has 0 fully saturated rings. The third-order valence-corrected chi connectivity index (χ3v) is 13.2. The van der Waals surface area contributed by atoms with E-state index in [1.54, 1.807) is 9.80 Å². The second kappa shape index (κ2) is 18.2. The van der Waals surface area contributed by atoms with Crippen molar-refractivity contribution in [3.63, 3.8) is 0 Å². The molecule has 8 aromatic carbocycles. The van der Waals surface area contributed by atoms with Crippen LogP contribution in [0, 0.1) is 27.7 Å². The number of likely N-dealkylation sites (N-methyl/N-ethyl adjacent to an activating group) is 2. The number of carbonyl (C=O) groups is 2. The maximum Gasteiger partial charge on any atom is 0.261 e. The van der Waals surface area contributed by atoms with Crippen LogP contribution in [0.4, 0.5) is 34.1 Å². The number of hydrogen-bond acceptors (Lipinski definition) is 4. The van der Waals surface area contributed by atoms with Gasteiger partial charge in [-0.3, -0.25) is 9.59 Å². The summed E-state index contributed by atoms with van der Waals surface area (Å²) in [6.07, 6.45) is 0. The maximum atomic E-state index is 14.5. The van der Waals surface area contributed by atoms with Crippen LogP contribution in [-0.4, -0.2) is 34.7 Å². The molecule has 0 spiro atoms. The Morgan fingerprint density at radius 1 is 0.294 bits per heavy atom. The van der Waals surface area contributed by atoms with Crippen molar-refractivity contribution >= 4 is 57.3 Å². The lowest BCUT2D eigenvalue weighted by Gasteiger charge is -2.26. The molecule has 0 saturated heterocycles. The van der Waals surface area contributed by atoms with Gasteiger partial charge in [0.15, 0.2) is 0 Å². The minimum Gasteiger partial charge on any atom is -0.311 e. The van der Waals surface area contributed by atoms with E-state index in [4.69, 9.17) is 0 Å². The van der Waals surface area contributed by atoms with Crippen molar-refractivity contribution in [3.05, 3.63) is 239 Å². The molecule has 2 heterocycles. The lowest BCUT2D eigenvalue weighted by Crippen LogP contribution is -2.29. The Balaban J connectivity index is 0.934. The van der Waals surface area contributed by atoms with Crippen molar-refractivity contribution in [2.75, 3.05) is 22.9 Å². The summed E-state index contributed by atoms with van der Waals surface area (Å²) >= 11 is 0. The van der Waals surface area contributed by atoms with Gasteiger partial charge in [0.1, 0.15) is 0 Å². The van der Waals surface area contributed by atoms with Gasteiger partial charge in [0.2, 0.25) is 0 Å². The van der Waals surface area contributed by atoms with Gasteiger partial charge in [0.25, 0.3) is 11.8 Å². The first-order chi connectivity index (χ1) is 33.1. The molecule has 0 aliphatic carbocycles. The lowest BCUT2D eigenvalue weighted by atomic mass is 9.98. The van der Waals surface area contributed by atoms with E-state index in [1.807, 2.05) is 38.1 Å². The first-order valence-corrected chi connectivity index (χ1v) is 23.5. The van der Waals surface area contributed by atoms with Gasteiger partial charge in [-0.1, -0.05) is 144 Å². The number of fused-ring (bicyclic) bond motifs is 1. The molecule has 2 aliphatic heterocycles. The zero-order chi connectivity index (χ0) is 47.1. The van der Waals surface area contributed by atoms with E-state index < -0.39 is 0 Å². The molecule has 0 N–H and O–H groups in total. The molecule has 2 aliphatic rings. The average Bonchev–Trinajstić information content (AvgIpc) is 3.83. The van der Waals surface area contributed by atoms with Gasteiger partial charge in [0.05, 0.1) is 22.5 Å². The highest BCUT2D eigenvalue weighted by molar-refractivity contribution is 6.30. The van der Waals surface area contributed by atoms with E-state index in [9.17, 15) is 9.59 Å². The number of amides is 2. The van der Waals surface area contributed by atoms with Crippen LogP contribution >= 0.6 is 0 Å². The number of rotatable bonds is 12. The van der Waals surface area contributed by atoms with Gasteiger partial charge >= 0.3 is 0 Å². The minimum atomic E-state index is -0.144. The van der Waals surface area contributed by atoms with E-state index in [0.29, 0.717) is 35.6 Å². The van der Waals surface area contributed by atoms with E-state index >= 15 is 0 Å². The fourth-order valence-electron chi connectivity index (χ4n) is 9.52. The second-order valence-corrected chi connectivity index (χ2v) is 17.8. The van der Waals surface area contributed by atoms with E-state index in [-0.39, 0.29) is 11.8 Å². The predicted octanol–water partition coefficient (Wildman–Crippen LogP) is 15.0. The molecule has 68 heavy (non-hydrogen) atoms. The first-order valence-electron chi connectivity index (χ1n) is 23.5. The number of nitrogens with zero attached hydrogens (tertiary/aromatic N) is 4. The fraction of sp³-hybridized carbons (Fsp3) is 0.129. The average molecular weight is 887 g/mol. The maximum absolute atomic E-state index is 14.5. The smallest absolute Gasteiger partial charge is 0.261 e. The van der Waals surface area contributed by atoms with Crippen LogP contribution in [0.1, 0.15) is 47.2 Å². The topological polar surface area (TPSA) is 47.1 Å². The largest absolute Gasteiger partial charge is 0.311 e. The van der Waals surface area contributed by atoms with Crippen molar-refractivity contribution in [1.82, 2.24) is 9.80 Å². The Bertz CT molecular complexity index is 2890. The molecule has 6 nitrogen and oxygen atoms in total. The van der Waals surface area contributed by atoms with Crippen LogP contribution < -0.4 is 9.80 Å². The van der Waals surface area contributed by atoms with Crippen LogP contribution in [0.2, 0.25) is 0 Å². The van der Waals surface area contributed by atoms with Crippen molar-refractivity contribution in [2.45, 2.75) is 41.5 Å². The Labute approximate surface area is 400 Å². The quantitative estimate of drug-likeness (QED) is 0.123. The van der Waals surface area contributed by atoms with Crippen molar-refractivity contribution in [1.29, 1.82) is 0 Å². The third kappa shape index (κ3) is 8.09. The van der Waals surface area contributed by atoms with Crippen LogP contribution in [0.25, 0.3) is 33.6 Å². The lowest BCUT2D eigenvalue weighted by molar-refractivity contribution is -0.124. The van der Waals surface area contributed by atoms with Crippen LogP contribution in [0.15, 0.2) is 205 Å². The van der Waals surface area contributed by atoms with Gasteiger partial charge in [0, 0.05) is 47.2 Å². The molecule has 0 bridgehead atoms.